The molecule has 3 atom stereocenters. The molecule has 0 spiro atoms. The lowest BCUT2D eigenvalue weighted by molar-refractivity contribution is -0.131. The standard InChI is InChI=1S/C20H30N6O11S2/c21-13-6-4-12(5-7-13)18(29)23-8-2-1-3-14(17(22)28)25-20(31)16(10-39(35,36)37)26-19(30)15(24-11-27)9-38(32,33)34/h4-7,11,14-16H,1-3,8-10,21H2,(H2,22,28)(H,23,29)(H,24,27)(H,25,31)(H,26,30)(H,32,33,34)(H,35,36,37)/t14-,15-,16-/m0/s1. The van der Waals surface area contributed by atoms with Crippen molar-refractivity contribution in [2.45, 2.75) is 37.4 Å². The van der Waals surface area contributed by atoms with E-state index in [4.69, 9.17) is 20.6 Å². The van der Waals surface area contributed by atoms with Crippen molar-refractivity contribution >= 4 is 56.0 Å². The molecule has 1 aromatic rings. The predicted molar refractivity (Wildman–Crippen MR) is 136 cm³/mol. The van der Waals surface area contributed by atoms with E-state index in [-0.39, 0.29) is 31.7 Å². The number of nitrogens with two attached hydrogens (primary N) is 2. The number of carbonyl (C=O) groups is 5. The highest BCUT2D eigenvalue weighted by Gasteiger charge is 2.32. The molecule has 0 radical (unpaired) electrons. The van der Waals surface area contributed by atoms with Crippen molar-refractivity contribution in [2.24, 2.45) is 5.73 Å². The number of rotatable bonds is 17. The summed E-state index contributed by atoms with van der Waals surface area (Å²) >= 11 is 0. The average molecular weight is 595 g/mol. The second kappa shape index (κ2) is 15.0. The van der Waals surface area contributed by atoms with E-state index in [1.54, 1.807) is 17.4 Å². The van der Waals surface area contributed by atoms with Gasteiger partial charge in [0, 0.05) is 17.8 Å². The van der Waals surface area contributed by atoms with Crippen LogP contribution in [0.3, 0.4) is 0 Å². The van der Waals surface area contributed by atoms with E-state index in [1.165, 1.54) is 12.1 Å². The molecular weight excluding hydrogens is 564 g/mol. The topological polar surface area (TPSA) is 294 Å². The van der Waals surface area contributed by atoms with Crippen molar-refractivity contribution in [1.29, 1.82) is 0 Å². The third kappa shape index (κ3) is 13.5. The normalized spacial score (nSPS) is 13.8. The summed E-state index contributed by atoms with van der Waals surface area (Å²) in [5.74, 6) is -6.74. The molecule has 0 aliphatic carbocycles. The van der Waals surface area contributed by atoms with Crippen LogP contribution in [-0.4, -0.2) is 92.2 Å². The van der Waals surface area contributed by atoms with Gasteiger partial charge in [-0.25, -0.2) is 0 Å². The lowest BCUT2D eigenvalue weighted by Gasteiger charge is -2.23. The van der Waals surface area contributed by atoms with Gasteiger partial charge < -0.3 is 32.7 Å². The Labute approximate surface area is 223 Å². The van der Waals surface area contributed by atoms with E-state index in [9.17, 15) is 40.8 Å². The molecule has 0 saturated heterocycles. The molecule has 0 aliphatic heterocycles. The van der Waals surface area contributed by atoms with Crippen LogP contribution in [0.5, 0.6) is 0 Å². The van der Waals surface area contributed by atoms with Crippen LogP contribution >= 0.6 is 0 Å². The maximum absolute atomic E-state index is 12.7. The van der Waals surface area contributed by atoms with E-state index in [1.807, 2.05) is 5.32 Å². The number of hydrogen-bond acceptors (Lipinski definition) is 10. The predicted octanol–water partition coefficient (Wildman–Crippen LogP) is -3.49. The largest absolute Gasteiger partial charge is 0.399 e. The van der Waals surface area contributed by atoms with E-state index >= 15 is 0 Å². The first-order valence-corrected chi connectivity index (χ1v) is 14.4. The van der Waals surface area contributed by atoms with Crippen LogP contribution in [0.4, 0.5) is 5.69 Å². The van der Waals surface area contributed by atoms with Crippen LogP contribution in [0.25, 0.3) is 0 Å². The number of carbonyl (C=O) groups excluding carboxylic acids is 5. The summed E-state index contributed by atoms with van der Waals surface area (Å²) < 4.78 is 63.0. The first-order chi connectivity index (χ1) is 18.0. The van der Waals surface area contributed by atoms with Gasteiger partial charge in [-0.2, -0.15) is 16.8 Å². The van der Waals surface area contributed by atoms with Gasteiger partial charge in [0.2, 0.25) is 24.1 Å². The third-order valence-corrected chi connectivity index (χ3v) is 6.52. The summed E-state index contributed by atoms with van der Waals surface area (Å²) in [7, 11) is -9.69. The Morgan fingerprint density at radius 2 is 1.36 bits per heavy atom. The fourth-order valence-electron chi connectivity index (χ4n) is 3.13. The fourth-order valence-corrected chi connectivity index (χ4v) is 4.45. The van der Waals surface area contributed by atoms with E-state index < -0.39 is 67.6 Å². The lowest BCUT2D eigenvalue weighted by Crippen LogP contribution is -2.58. The third-order valence-electron chi connectivity index (χ3n) is 5.01. The summed E-state index contributed by atoms with van der Waals surface area (Å²) in [6, 6.07) is 0.847. The molecule has 0 unspecified atom stereocenters. The van der Waals surface area contributed by atoms with Gasteiger partial charge in [0.15, 0.2) is 0 Å². The fraction of sp³-hybridized carbons (Fsp3) is 0.450. The van der Waals surface area contributed by atoms with Crippen LogP contribution < -0.4 is 32.7 Å². The monoisotopic (exact) mass is 594 g/mol. The molecule has 0 fully saturated rings. The first kappa shape index (κ1) is 33.2. The zero-order valence-electron chi connectivity index (χ0n) is 20.4. The average Bonchev–Trinajstić information content (AvgIpc) is 2.80. The van der Waals surface area contributed by atoms with Gasteiger partial charge in [0.05, 0.1) is 0 Å². The summed E-state index contributed by atoms with van der Waals surface area (Å²) in [6.07, 6.45) is 0.475. The Morgan fingerprint density at radius 3 is 1.87 bits per heavy atom. The Kier molecular flexibility index (Phi) is 12.7. The number of nitrogen functional groups attached to an aromatic ring is 1. The van der Waals surface area contributed by atoms with Crippen LogP contribution in [-0.2, 0) is 39.4 Å². The lowest BCUT2D eigenvalue weighted by atomic mass is 10.1. The molecule has 0 aromatic heterocycles. The van der Waals surface area contributed by atoms with Gasteiger partial charge in [-0.1, -0.05) is 0 Å². The van der Waals surface area contributed by atoms with Crippen LogP contribution in [0.15, 0.2) is 24.3 Å². The van der Waals surface area contributed by atoms with Crippen molar-refractivity contribution in [1.82, 2.24) is 21.3 Å². The molecule has 19 heteroatoms. The number of anilines is 1. The molecule has 0 aliphatic rings. The Morgan fingerprint density at radius 1 is 0.846 bits per heavy atom. The zero-order chi connectivity index (χ0) is 29.8. The molecule has 10 N–H and O–H groups in total. The number of primary amides is 1. The van der Waals surface area contributed by atoms with Crippen LogP contribution in [0.1, 0.15) is 29.6 Å². The number of nitrogens with one attached hydrogen (secondary N) is 4. The minimum atomic E-state index is -4.90. The van der Waals surface area contributed by atoms with E-state index in [0.29, 0.717) is 17.7 Å². The molecule has 39 heavy (non-hydrogen) atoms. The maximum atomic E-state index is 12.7. The van der Waals surface area contributed by atoms with Gasteiger partial charge in [-0.15, -0.1) is 0 Å². The molecular formula is C20H30N6O11S2. The number of hydrogen-bond donors (Lipinski definition) is 8. The summed E-state index contributed by atoms with van der Waals surface area (Å²) in [5.41, 5.74) is 11.7. The van der Waals surface area contributed by atoms with Crippen LogP contribution in [0, 0.1) is 0 Å². The number of amides is 5. The Hall–Kier alpha value is -3.81. The van der Waals surface area contributed by atoms with Crippen molar-refractivity contribution in [2.75, 3.05) is 23.8 Å². The summed E-state index contributed by atoms with van der Waals surface area (Å²) in [5, 5.41) is 8.40. The first-order valence-electron chi connectivity index (χ1n) is 11.2. The molecule has 1 aromatic carbocycles. The summed E-state index contributed by atoms with van der Waals surface area (Å²) in [6.45, 7) is 0.197. The molecule has 0 bridgehead atoms. The van der Waals surface area contributed by atoms with Gasteiger partial charge >= 0.3 is 0 Å². The van der Waals surface area contributed by atoms with E-state index in [2.05, 4.69) is 10.6 Å². The van der Waals surface area contributed by atoms with Crippen molar-refractivity contribution < 1.29 is 49.9 Å². The number of unbranched alkanes of at least 4 members (excludes halogenated alkanes) is 1. The Balaban J connectivity index is 2.78. The van der Waals surface area contributed by atoms with Gasteiger partial charge in [0.25, 0.3) is 26.1 Å². The zero-order valence-corrected chi connectivity index (χ0v) is 22.0. The van der Waals surface area contributed by atoms with Gasteiger partial charge in [0.1, 0.15) is 29.6 Å². The number of benzene rings is 1. The molecule has 218 valence electrons. The molecule has 5 amide bonds. The highest BCUT2D eigenvalue weighted by Crippen LogP contribution is 2.06. The Bertz CT molecular complexity index is 1250. The van der Waals surface area contributed by atoms with Crippen molar-refractivity contribution in [3.8, 4) is 0 Å². The molecule has 0 saturated carbocycles. The highest BCUT2D eigenvalue weighted by molar-refractivity contribution is 7.86. The summed E-state index contributed by atoms with van der Waals surface area (Å²) in [4.78, 5) is 59.6. The quantitative estimate of drug-likeness (QED) is 0.0377. The second-order valence-corrected chi connectivity index (χ2v) is 11.2. The molecule has 1 rings (SSSR count). The highest BCUT2D eigenvalue weighted by atomic mass is 32.2. The second-order valence-electron chi connectivity index (χ2n) is 8.23. The van der Waals surface area contributed by atoms with Crippen molar-refractivity contribution in [3.63, 3.8) is 0 Å². The molecule has 17 nitrogen and oxygen atoms in total. The smallest absolute Gasteiger partial charge is 0.267 e. The van der Waals surface area contributed by atoms with E-state index in [0.717, 1.165) is 0 Å². The molecule has 0 heterocycles. The minimum Gasteiger partial charge on any atom is -0.399 e. The van der Waals surface area contributed by atoms with Crippen LogP contribution in [0.2, 0.25) is 0 Å². The van der Waals surface area contributed by atoms with Gasteiger partial charge in [-0.3, -0.25) is 33.1 Å². The van der Waals surface area contributed by atoms with Crippen molar-refractivity contribution in [3.05, 3.63) is 29.8 Å². The minimum absolute atomic E-state index is 0.0521. The SMILES string of the molecule is NC(=O)[C@H](CCCCNC(=O)c1ccc(N)cc1)NC(=O)[C@H](CS(=O)(=O)O)NC(=O)[C@H](CS(=O)(=O)O)NC=O. The van der Waals surface area contributed by atoms with Gasteiger partial charge in [-0.05, 0) is 43.5 Å². The maximum Gasteiger partial charge on any atom is 0.267 e.